The van der Waals surface area contributed by atoms with Gasteiger partial charge in [-0.3, -0.25) is 9.59 Å². The second-order valence-electron chi connectivity index (χ2n) is 7.14. The predicted octanol–water partition coefficient (Wildman–Crippen LogP) is 4.63. The normalized spacial score (nSPS) is 13.5. The number of hydrogen-bond donors (Lipinski definition) is 1. The molecule has 1 N–H and O–H groups in total. The topological polar surface area (TPSA) is 52.7 Å². The largest absolute Gasteiger partial charge is 0.372 e. The lowest BCUT2D eigenvalue weighted by atomic mass is 10.2. The number of nitrogens with one attached hydrogen (secondary N) is 1. The van der Waals surface area contributed by atoms with Crippen LogP contribution in [0.1, 0.15) is 31.7 Å². The summed E-state index contributed by atoms with van der Waals surface area (Å²) in [6.45, 7) is 5.88. The second-order valence-corrected chi connectivity index (χ2v) is 7.55. The van der Waals surface area contributed by atoms with Crippen molar-refractivity contribution in [2.24, 2.45) is 0 Å². The Kier molecular flexibility index (Phi) is 6.57. The summed E-state index contributed by atoms with van der Waals surface area (Å²) in [5.74, 6) is -0.249. The van der Waals surface area contributed by atoms with E-state index in [0.29, 0.717) is 17.3 Å². The molecule has 2 amide bonds. The van der Waals surface area contributed by atoms with Crippen LogP contribution in [-0.2, 0) is 9.59 Å². The number of carbonyl (C=O) groups is 2. The van der Waals surface area contributed by atoms with Gasteiger partial charge in [0.05, 0.1) is 0 Å². The third kappa shape index (κ3) is 5.04. The van der Waals surface area contributed by atoms with Crippen LogP contribution in [0.25, 0.3) is 0 Å². The average molecular weight is 400 g/mol. The lowest BCUT2D eigenvalue weighted by Crippen LogP contribution is -2.32. The molecule has 5 nitrogen and oxygen atoms in total. The number of anilines is 3. The molecule has 28 heavy (non-hydrogen) atoms. The summed E-state index contributed by atoms with van der Waals surface area (Å²) in [5, 5.41) is 3.51. The third-order valence-corrected chi connectivity index (χ3v) is 5.44. The Labute approximate surface area is 171 Å². The number of benzene rings is 2. The highest BCUT2D eigenvalue weighted by molar-refractivity contribution is 6.31. The molecule has 148 valence electrons. The fourth-order valence-electron chi connectivity index (χ4n) is 3.39. The zero-order valence-corrected chi connectivity index (χ0v) is 17.1. The molecular formula is C22H26ClN3O2. The summed E-state index contributed by atoms with van der Waals surface area (Å²) in [6, 6.07) is 13.4. The molecule has 0 aliphatic carbocycles. The first kappa shape index (κ1) is 20.2. The van der Waals surface area contributed by atoms with Crippen molar-refractivity contribution >= 4 is 40.5 Å². The van der Waals surface area contributed by atoms with Crippen LogP contribution < -0.4 is 15.1 Å². The molecule has 1 aliphatic rings. The average Bonchev–Trinajstić information content (AvgIpc) is 3.20. The van der Waals surface area contributed by atoms with Gasteiger partial charge < -0.3 is 15.1 Å². The van der Waals surface area contributed by atoms with E-state index in [1.54, 1.807) is 11.0 Å². The fraction of sp³-hybridized carbons (Fsp3) is 0.364. The van der Waals surface area contributed by atoms with E-state index in [1.165, 1.54) is 25.5 Å². The Morgan fingerprint density at radius 2 is 1.79 bits per heavy atom. The molecule has 0 spiro atoms. The molecule has 0 atom stereocenters. The molecule has 1 saturated heterocycles. The molecule has 1 fully saturated rings. The van der Waals surface area contributed by atoms with Crippen LogP contribution in [0.4, 0.5) is 17.1 Å². The summed E-state index contributed by atoms with van der Waals surface area (Å²) in [6.07, 6.45) is 2.67. The van der Waals surface area contributed by atoms with E-state index in [1.807, 2.05) is 43.3 Å². The van der Waals surface area contributed by atoms with Crippen LogP contribution in [0.5, 0.6) is 0 Å². The lowest BCUT2D eigenvalue weighted by Gasteiger charge is -2.21. The molecule has 0 bridgehead atoms. The zero-order valence-electron chi connectivity index (χ0n) is 16.4. The molecule has 0 saturated carbocycles. The van der Waals surface area contributed by atoms with Gasteiger partial charge in [0.25, 0.3) is 0 Å². The smallest absolute Gasteiger partial charge is 0.226 e. The first-order valence-corrected chi connectivity index (χ1v) is 10.0. The van der Waals surface area contributed by atoms with Gasteiger partial charge in [-0.05, 0) is 61.7 Å². The standard InChI is InChI=1S/C22H26ClN3O2/c1-16-5-8-20(15-21(16)23)26(17(2)27)14-11-22(28)24-18-6-9-19(10-7-18)25-12-3-4-13-25/h5-10,15H,3-4,11-14H2,1-2H3,(H,24,28). The number of rotatable bonds is 6. The maximum Gasteiger partial charge on any atom is 0.226 e. The maximum atomic E-state index is 12.3. The van der Waals surface area contributed by atoms with Crippen molar-refractivity contribution in [3.8, 4) is 0 Å². The van der Waals surface area contributed by atoms with Crippen molar-refractivity contribution in [1.29, 1.82) is 0 Å². The number of nitrogens with zero attached hydrogens (tertiary/aromatic N) is 2. The quantitative estimate of drug-likeness (QED) is 0.770. The molecular weight excluding hydrogens is 374 g/mol. The minimum atomic E-state index is -0.126. The highest BCUT2D eigenvalue weighted by Crippen LogP contribution is 2.24. The molecule has 3 rings (SSSR count). The van der Waals surface area contributed by atoms with E-state index < -0.39 is 0 Å². The van der Waals surface area contributed by atoms with Crippen LogP contribution in [0, 0.1) is 6.92 Å². The van der Waals surface area contributed by atoms with E-state index in [4.69, 9.17) is 11.6 Å². The van der Waals surface area contributed by atoms with Gasteiger partial charge in [0.15, 0.2) is 0 Å². The van der Waals surface area contributed by atoms with E-state index in [2.05, 4.69) is 10.2 Å². The summed E-state index contributed by atoms with van der Waals surface area (Å²) in [4.78, 5) is 28.3. The Hall–Kier alpha value is -2.53. The molecule has 2 aromatic carbocycles. The van der Waals surface area contributed by atoms with Crippen molar-refractivity contribution in [3.63, 3.8) is 0 Å². The predicted molar refractivity (Wildman–Crippen MR) is 115 cm³/mol. The van der Waals surface area contributed by atoms with Gasteiger partial charge in [-0.15, -0.1) is 0 Å². The number of halogens is 1. The van der Waals surface area contributed by atoms with Crippen LogP contribution >= 0.6 is 11.6 Å². The first-order chi connectivity index (χ1) is 13.4. The molecule has 2 aromatic rings. The van der Waals surface area contributed by atoms with Crippen molar-refractivity contribution in [1.82, 2.24) is 0 Å². The van der Waals surface area contributed by atoms with Crippen LogP contribution in [-0.4, -0.2) is 31.4 Å². The number of aryl methyl sites for hydroxylation is 1. The minimum absolute atomic E-state index is 0.123. The number of amides is 2. The van der Waals surface area contributed by atoms with E-state index in [0.717, 1.165) is 24.3 Å². The highest BCUT2D eigenvalue weighted by atomic mass is 35.5. The Morgan fingerprint density at radius 3 is 2.39 bits per heavy atom. The van der Waals surface area contributed by atoms with Gasteiger partial charge in [0.1, 0.15) is 0 Å². The number of carbonyl (C=O) groups excluding carboxylic acids is 2. The molecule has 0 radical (unpaired) electrons. The second kappa shape index (κ2) is 9.11. The molecule has 6 heteroatoms. The van der Waals surface area contributed by atoms with Crippen molar-refractivity contribution in [2.45, 2.75) is 33.1 Å². The van der Waals surface area contributed by atoms with Crippen LogP contribution in [0.3, 0.4) is 0 Å². The fourth-order valence-corrected chi connectivity index (χ4v) is 3.56. The van der Waals surface area contributed by atoms with Crippen LogP contribution in [0.2, 0.25) is 5.02 Å². The number of hydrogen-bond acceptors (Lipinski definition) is 3. The Balaban J connectivity index is 1.57. The van der Waals surface area contributed by atoms with E-state index >= 15 is 0 Å². The summed E-state index contributed by atoms with van der Waals surface area (Å²) in [7, 11) is 0. The molecule has 1 heterocycles. The highest BCUT2D eigenvalue weighted by Gasteiger charge is 2.15. The first-order valence-electron chi connectivity index (χ1n) is 9.63. The molecule has 1 aliphatic heterocycles. The van der Waals surface area contributed by atoms with Crippen molar-refractivity contribution in [2.75, 3.05) is 34.8 Å². The van der Waals surface area contributed by atoms with Gasteiger partial charge >= 0.3 is 0 Å². The van der Waals surface area contributed by atoms with Crippen LogP contribution in [0.15, 0.2) is 42.5 Å². The van der Waals surface area contributed by atoms with E-state index in [9.17, 15) is 9.59 Å². The van der Waals surface area contributed by atoms with Gasteiger partial charge in [-0.1, -0.05) is 17.7 Å². The monoisotopic (exact) mass is 399 g/mol. The zero-order chi connectivity index (χ0) is 20.1. The van der Waals surface area contributed by atoms with Gasteiger partial charge in [0.2, 0.25) is 11.8 Å². The Morgan fingerprint density at radius 1 is 1.11 bits per heavy atom. The Bertz CT molecular complexity index is 845. The third-order valence-electron chi connectivity index (χ3n) is 5.03. The molecule has 0 aromatic heterocycles. The van der Waals surface area contributed by atoms with E-state index in [-0.39, 0.29) is 18.2 Å². The summed E-state index contributed by atoms with van der Waals surface area (Å²) in [5.41, 5.74) is 3.60. The van der Waals surface area contributed by atoms with Gasteiger partial charge in [-0.25, -0.2) is 0 Å². The minimum Gasteiger partial charge on any atom is -0.372 e. The summed E-state index contributed by atoms with van der Waals surface area (Å²) >= 11 is 6.17. The van der Waals surface area contributed by atoms with Gasteiger partial charge in [0, 0.05) is 55.1 Å². The van der Waals surface area contributed by atoms with Gasteiger partial charge in [-0.2, -0.15) is 0 Å². The van der Waals surface area contributed by atoms with Crippen molar-refractivity contribution in [3.05, 3.63) is 53.1 Å². The lowest BCUT2D eigenvalue weighted by molar-refractivity contribution is -0.117. The maximum absolute atomic E-state index is 12.3. The van der Waals surface area contributed by atoms with Crippen molar-refractivity contribution < 1.29 is 9.59 Å². The SMILES string of the molecule is CC(=O)N(CCC(=O)Nc1ccc(N2CCCC2)cc1)c1ccc(C)c(Cl)c1. The summed E-state index contributed by atoms with van der Waals surface area (Å²) < 4.78 is 0. The molecule has 0 unspecified atom stereocenters.